The molecule has 0 spiro atoms. The SMILES string of the molecule is O=C(C1CCC(C(F)(F)F)CC1)N1CCc2c[c]ccc2C1. The van der Waals surface area contributed by atoms with Gasteiger partial charge in [0.1, 0.15) is 0 Å². The highest BCUT2D eigenvalue weighted by Gasteiger charge is 2.43. The van der Waals surface area contributed by atoms with E-state index in [1.54, 1.807) is 4.90 Å². The summed E-state index contributed by atoms with van der Waals surface area (Å²) in [6, 6.07) is 8.79. The topological polar surface area (TPSA) is 20.3 Å². The summed E-state index contributed by atoms with van der Waals surface area (Å²) in [5.74, 6) is -1.44. The Balaban J connectivity index is 1.60. The van der Waals surface area contributed by atoms with Crippen LogP contribution in [0.1, 0.15) is 36.8 Å². The molecule has 1 saturated carbocycles. The third kappa shape index (κ3) is 3.13. The van der Waals surface area contributed by atoms with Crippen LogP contribution in [0.15, 0.2) is 18.2 Å². The largest absolute Gasteiger partial charge is 0.391 e. The van der Waals surface area contributed by atoms with Gasteiger partial charge in [-0.1, -0.05) is 18.2 Å². The van der Waals surface area contributed by atoms with E-state index in [4.69, 9.17) is 0 Å². The van der Waals surface area contributed by atoms with Gasteiger partial charge < -0.3 is 4.90 Å². The molecule has 1 amide bonds. The molecule has 0 unspecified atom stereocenters. The van der Waals surface area contributed by atoms with Gasteiger partial charge in [0.2, 0.25) is 5.91 Å². The molecule has 3 rings (SSSR count). The summed E-state index contributed by atoms with van der Waals surface area (Å²) in [5.41, 5.74) is 2.34. The van der Waals surface area contributed by atoms with Crippen LogP contribution in [0.25, 0.3) is 0 Å². The van der Waals surface area contributed by atoms with Gasteiger partial charge >= 0.3 is 6.18 Å². The van der Waals surface area contributed by atoms with Gasteiger partial charge in [0.15, 0.2) is 0 Å². The summed E-state index contributed by atoms with van der Waals surface area (Å²) in [6.07, 6.45) is -2.44. The molecule has 0 N–H and O–H groups in total. The number of carbonyl (C=O) groups is 1. The molecule has 1 aromatic carbocycles. The van der Waals surface area contributed by atoms with E-state index in [9.17, 15) is 18.0 Å². The molecule has 2 nitrogen and oxygen atoms in total. The van der Waals surface area contributed by atoms with Crippen LogP contribution in [0.4, 0.5) is 13.2 Å². The van der Waals surface area contributed by atoms with Crippen molar-refractivity contribution in [1.82, 2.24) is 4.90 Å². The second kappa shape index (κ2) is 5.94. The molecule has 2 aliphatic rings. The van der Waals surface area contributed by atoms with Crippen LogP contribution >= 0.6 is 0 Å². The van der Waals surface area contributed by atoms with Gasteiger partial charge in [0.25, 0.3) is 0 Å². The van der Waals surface area contributed by atoms with Crippen molar-refractivity contribution in [2.45, 2.75) is 44.8 Å². The van der Waals surface area contributed by atoms with Crippen molar-refractivity contribution in [1.29, 1.82) is 0 Å². The molecule has 1 radical (unpaired) electrons. The van der Waals surface area contributed by atoms with Crippen LogP contribution < -0.4 is 0 Å². The van der Waals surface area contributed by atoms with Gasteiger partial charge in [0, 0.05) is 19.0 Å². The lowest BCUT2D eigenvalue weighted by Crippen LogP contribution is -2.41. The number of nitrogens with zero attached hydrogens (tertiary/aromatic N) is 1. The lowest BCUT2D eigenvalue weighted by molar-refractivity contribution is -0.185. The van der Waals surface area contributed by atoms with Crippen LogP contribution in [0.5, 0.6) is 0 Å². The van der Waals surface area contributed by atoms with E-state index in [1.807, 2.05) is 18.2 Å². The van der Waals surface area contributed by atoms with E-state index >= 15 is 0 Å². The number of fused-ring (bicyclic) bond motifs is 1. The Hall–Kier alpha value is -1.52. The molecular weight excluding hydrogens is 291 g/mol. The zero-order chi connectivity index (χ0) is 15.7. The molecular formula is C17H19F3NO. The van der Waals surface area contributed by atoms with E-state index in [-0.39, 0.29) is 24.7 Å². The number of amides is 1. The number of benzene rings is 1. The summed E-state index contributed by atoms with van der Waals surface area (Å²) in [7, 11) is 0. The summed E-state index contributed by atoms with van der Waals surface area (Å²) in [6.45, 7) is 1.23. The van der Waals surface area contributed by atoms with Crippen molar-refractivity contribution >= 4 is 5.91 Å². The lowest BCUT2D eigenvalue weighted by Gasteiger charge is -2.35. The van der Waals surface area contributed by atoms with Gasteiger partial charge in [0.05, 0.1) is 5.92 Å². The first-order chi connectivity index (χ1) is 10.4. The van der Waals surface area contributed by atoms with Gasteiger partial charge in [-0.05, 0) is 49.3 Å². The molecule has 1 aliphatic heterocycles. The molecule has 5 heteroatoms. The van der Waals surface area contributed by atoms with Gasteiger partial charge in [-0.3, -0.25) is 4.79 Å². The second-order valence-electron chi connectivity index (χ2n) is 6.29. The Morgan fingerprint density at radius 1 is 1.18 bits per heavy atom. The summed E-state index contributed by atoms with van der Waals surface area (Å²) in [4.78, 5) is 14.4. The molecule has 119 valence electrons. The van der Waals surface area contributed by atoms with E-state index in [1.165, 1.54) is 5.56 Å². The Morgan fingerprint density at radius 3 is 2.59 bits per heavy atom. The fraction of sp³-hybridized carbons (Fsp3) is 0.588. The number of rotatable bonds is 1. The Bertz CT molecular complexity index is 547. The molecule has 0 saturated heterocycles. The number of halogens is 3. The van der Waals surface area contributed by atoms with Crippen molar-refractivity contribution in [2.24, 2.45) is 11.8 Å². The average molecular weight is 310 g/mol. The summed E-state index contributed by atoms with van der Waals surface area (Å²) in [5, 5.41) is 0. The summed E-state index contributed by atoms with van der Waals surface area (Å²) >= 11 is 0. The van der Waals surface area contributed by atoms with Crippen molar-refractivity contribution in [3.8, 4) is 0 Å². The van der Waals surface area contributed by atoms with E-state index in [0.717, 1.165) is 12.0 Å². The van der Waals surface area contributed by atoms with Gasteiger partial charge in [-0.2, -0.15) is 13.2 Å². The minimum absolute atomic E-state index is 0.0270. The molecule has 1 aliphatic carbocycles. The molecule has 0 atom stereocenters. The average Bonchev–Trinajstić information content (AvgIpc) is 2.53. The fourth-order valence-corrected chi connectivity index (χ4v) is 3.54. The maximum atomic E-state index is 12.7. The zero-order valence-corrected chi connectivity index (χ0v) is 12.3. The maximum absolute atomic E-state index is 12.7. The molecule has 1 heterocycles. The highest BCUT2D eigenvalue weighted by molar-refractivity contribution is 5.79. The Morgan fingerprint density at radius 2 is 1.91 bits per heavy atom. The normalized spacial score (nSPS) is 25.7. The van der Waals surface area contributed by atoms with Gasteiger partial charge in [-0.15, -0.1) is 0 Å². The first-order valence-corrected chi connectivity index (χ1v) is 7.78. The van der Waals surface area contributed by atoms with Crippen LogP contribution in [-0.2, 0) is 17.8 Å². The summed E-state index contributed by atoms with van der Waals surface area (Å²) < 4.78 is 38.1. The first-order valence-electron chi connectivity index (χ1n) is 7.78. The predicted molar refractivity (Wildman–Crippen MR) is 75.9 cm³/mol. The highest BCUT2D eigenvalue weighted by atomic mass is 19.4. The minimum atomic E-state index is -4.12. The molecule has 22 heavy (non-hydrogen) atoms. The molecule has 0 aromatic heterocycles. The van der Waals surface area contributed by atoms with Crippen molar-refractivity contribution in [3.63, 3.8) is 0 Å². The van der Waals surface area contributed by atoms with E-state index in [0.29, 0.717) is 25.9 Å². The molecule has 0 bridgehead atoms. The van der Waals surface area contributed by atoms with E-state index < -0.39 is 12.1 Å². The minimum Gasteiger partial charge on any atom is -0.338 e. The third-order valence-electron chi connectivity index (χ3n) is 4.91. The Kier molecular flexibility index (Phi) is 4.15. The monoisotopic (exact) mass is 310 g/mol. The van der Waals surface area contributed by atoms with Crippen LogP contribution in [0, 0.1) is 17.9 Å². The predicted octanol–water partition coefficient (Wildman–Crippen LogP) is 3.74. The third-order valence-corrected chi connectivity index (χ3v) is 4.91. The Labute approximate surface area is 128 Å². The van der Waals surface area contributed by atoms with Crippen LogP contribution in [-0.4, -0.2) is 23.5 Å². The molecule has 1 aromatic rings. The van der Waals surface area contributed by atoms with Crippen LogP contribution in [0.2, 0.25) is 0 Å². The maximum Gasteiger partial charge on any atom is 0.391 e. The highest BCUT2D eigenvalue weighted by Crippen LogP contribution is 2.40. The van der Waals surface area contributed by atoms with Crippen molar-refractivity contribution in [3.05, 3.63) is 35.4 Å². The standard InChI is InChI=1S/C17H19F3NO/c18-17(19,20)15-7-5-13(6-8-15)16(22)21-10-9-12-3-1-2-4-14(12)11-21/h2-4,13,15H,5-11H2. The fourth-order valence-electron chi connectivity index (χ4n) is 3.54. The number of alkyl halides is 3. The van der Waals surface area contributed by atoms with Crippen molar-refractivity contribution < 1.29 is 18.0 Å². The molecule has 1 fully saturated rings. The smallest absolute Gasteiger partial charge is 0.338 e. The second-order valence-corrected chi connectivity index (χ2v) is 6.29. The van der Waals surface area contributed by atoms with Crippen molar-refractivity contribution in [2.75, 3.05) is 6.54 Å². The first kappa shape index (κ1) is 15.4. The van der Waals surface area contributed by atoms with Crippen LogP contribution in [0.3, 0.4) is 0 Å². The number of hydrogen-bond acceptors (Lipinski definition) is 1. The number of hydrogen-bond donors (Lipinski definition) is 0. The lowest BCUT2D eigenvalue weighted by atomic mass is 9.80. The van der Waals surface area contributed by atoms with E-state index in [2.05, 4.69) is 6.07 Å². The van der Waals surface area contributed by atoms with Gasteiger partial charge in [-0.25, -0.2) is 0 Å². The number of carbonyl (C=O) groups excluding carboxylic acids is 1. The quantitative estimate of drug-likeness (QED) is 0.774. The zero-order valence-electron chi connectivity index (χ0n) is 12.3.